The molecule has 0 aliphatic carbocycles. The maximum Gasteiger partial charge on any atom is 0.230 e. The number of hydrogen-bond donors (Lipinski definition) is 1. The van der Waals surface area contributed by atoms with Gasteiger partial charge in [0.1, 0.15) is 5.75 Å². The average molecular weight is 439 g/mol. The lowest BCUT2D eigenvalue weighted by molar-refractivity contribution is -0.118. The summed E-state index contributed by atoms with van der Waals surface area (Å²) in [5.41, 5.74) is 3.44. The number of nitrogens with one attached hydrogen (secondary N) is 1. The number of ether oxygens (including phenoxy) is 1. The molecule has 1 amide bonds. The van der Waals surface area contributed by atoms with Gasteiger partial charge >= 0.3 is 0 Å². The highest BCUT2D eigenvalue weighted by Gasteiger charge is 2.14. The zero-order valence-corrected chi connectivity index (χ0v) is 19.2. The lowest BCUT2D eigenvalue weighted by atomic mass is 10.1. The van der Waals surface area contributed by atoms with E-state index in [2.05, 4.69) is 53.0 Å². The minimum absolute atomic E-state index is 0.00668. The molecule has 164 valence electrons. The van der Waals surface area contributed by atoms with Crippen molar-refractivity contribution in [2.75, 3.05) is 18.9 Å². The van der Waals surface area contributed by atoms with E-state index in [9.17, 15) is 4.79 Å². The zero-order chi connectivity index (χ0) is 22.1. The number of carbonyl (C=O) groups excluding carboxylic acids is 1. The van der Waals surface area contributed by atoms with E-state index in [0.29, 0.717) is 18.9 Å². The maximum atomic E-state index is 12.2. The van der Waals surface area contributed by atoms with Gasteiger partial charge in [-0.05, 0) is 51.8 Å². The van der Waals surface area contributed by atoms with Gasteiger partial charge in [-0.15, -0.1) is 10.2 Å². The van der Waals surface area contributed by atoms with E-state index in [1.807, 2.05) is 36.4 Å². The number of carbonyl (C=O) groups is 1. The van der Waals surface area contributed by atoms with Crippen molar-refractivity contribution in [3.63, 3.8) is 0 Å². The van der Waals surface area contributed by atoms with E-state index >= 15 is 0 Å². The van der Waals surface area contributed by atoms with Crippen molar-refractivity contribution in [3.8, 4) is 17.1 Å². The quantitative estimate of drug-likeness (QED) is 0.349. The average Bonchev–Trinajstić information content (AvgIpc) is 3.19. The van der Waals surface area contributed by atoms with Gasteiger partial charge in [-0.25, -0.2) is 0 Å². The highest BCUT2D eigenvalue weighted by molar-refractivity contribution is 7.99. The zero-order valence-electron chi connectivity index (χ0n) is 18.4. The molecule has 31 heavy (non-hydrogen) atoms. The molecule has 0 radical (unpaired) electrons. The van der Waals surface area contributed by atoms with Crippen molar-refractivity contribution in [3.05, 3.63) is 59.7 Å². The Kier molecular flexibility index (Phi) is 8.53. The highest BCUT2D eigenvalue weighted by Crippen LogP contribution is 2.24. The molecule has 1 N–H and O–H groups in total. The van der Waals surface area contributed by atoms with E-state index < -0.39 is 0 Å². The lowest BCUT2D eigenvalue weighted by Crippen LogP contribution is -2.26. The molecule has 0 unspecified atom stereocenters. The molecule has 0 bridgehead atoms. The van der Waals surface area contributed by atoms with Crippen molar-refractivity contribution in [1.29, 1.82) is 0 Å². The van der Waals surface area contributed by atoms with E-state index in [1.54, 1.807) is 0 Å². The first kappa shape index (κ1) is 22.9. The molecular weight excluding hydrogens is 408 g/mol. The molecule has 0 saturated carbocycles. The van der Waals surface area contributed by atoms with Crippen LogP contribution >= 0.6 is 11.8 Å². The van der Waals surface area contributed by atoms with Crippen molar-refractivity contribution in [1.82, 2.24) is 20.1 Å². The number of thioether (sulfide) groups is 1. The summed E-state index contributed by atoms with van der Waals surface area (Å²) in [5, 5.41) is 12.4. The summed E-state index contributed by atoms with van der Waals surface area (Å²) in [6, 6.07) is 16.2. The Balaban J connectivity index is 1.38. The molecule has 2 aromatic carbocycles. The molecule has 6 nitrogen and oxygen atoms in total. The summed E-state index contributed by atoms with van der Waals surface area (Å²) >= 11 is 1.42. The fraction of sp³-hybridized carbons (Fsp3) is 0.375. The minimum atomic E-state index is 0.00668. The van der Waals surface area contributed by atoms with Crippen molar-refractivity contribution >= 4 is 17.7 Å². The van der Waals surface area contributed by atoms with Crippen LogP contribution in [-0.2, 0) is 11.3 Å². The summed E-state index contributed by atoms with van der Waals surface area (Å²) in [6.45, 7) is 8.22. The van der Waals surface area contributed by atoms with Crippen molar-refractivity contribution in [2.45, 2.75) is 45.3 Å². The SMILES string of the molecule is CCn1c(SCC(=O)NCCCCOc2ccc(C)cc2)nnc1-c1cccc(C)c1. The molecule has 3 aromatic rings. The second kappa shape index (κ2) is 11.6. The second-order valence-electron chi connectivity index (χ2n) is 7.43. The molecule has 0 fully saturated rings. The minimum Gasteiger partial charge on any atom is -0.494 e. The van der Waals surface area contributed by atoms with Gasteiger partial charge in [-0.2, -0.15) is 0 Å². The molecule has 1 heterocycles. The molecule has 1 aromatic heterocycles. The maximum absolute atomic E-state index is 12.2. The molecule has 0 spiro atoms. The van der Waals surface area contributed by atoms with Crippen LogP contribution < -0.4 is 10.1 Å². The fourth-order valence-corrected chi connectivity index (χ4v) is 3.97. The highest BCUT2D eigenvalue weighted by atomic mass is 32.2. The van der Waals surface area contributed by atoms with Crippen molar-refractivity contribution < 1.29 is 9.53 Å². The Labute approximate surface area is 188 Å². The number of unbranched alkanes of at least 4 members (excludes halogenated alkanes) is 1. The summed E-state index contributed by atoms with van der Waals surface area (Å²) in [5.74, 6) is 2.05. The first-order valence-corrected chi connectivity index (χ1v) is 11.6. The Morgan fingerprint density at radius 3 is 2.61 bits per heavy atom. The number of hydrogen-bond acceptors (Lipinski definition) is 5. The predicted molar refractivity (Wildman–Crippen MR) is 126 cm³/mol. The van der Waals surface area contributed by atoms with E-state index in [-0.39, 0.29) is 5.91 Å². The van der Waals surface area contributed by atoms with Gasteiger partial charge in [0.2, 0.25) is 5.91 Å². The van der Waals surface area contributed by atoms with Gasteiger partial charge in [0.25, 0.3) is 0 Å². The molecule has 0 aliphatic rings. The third-order valence-electron chi connectivity index (χ3n) is 4.82. The van der Waals surface area contributed by atoms with Crippen LogP contribution in [0.15, 0.2) is 53.7 Å². The number of rotatable bonds is 11. The van der Waals surface area contributed by atoms with E-state index in [1.165, 1.54) is 22.9 Å². The lowest BCUT2D eigenvalue weighted by Gasteiger charge is -2.09. The first-order valence-electron chi connectivity index (χ1n) is 10.7. The largest absolute Gasteiger partial charge is 0.494 e. The van der Waals surface area contributed by atoms with Gasteiger partial charge in [-0.1, -0.05) is 53.2 Å². The van der Waals surface area contributed by atoms with Gasteiger partial charge < -0.3 is 14.6 Å². The Morgan fingerprint density at radius 1 is 1.06 bits per heavy atom. The molecular formula is C24H30N4O2S. The van der Waals surface area contributed by atoms with Crippen LogP contribution in [0, 0.1) is 13.8 Å². The van der Waals surface area contributed by atoms with Crippen molar-refractivity contribution in [2.24, 2.45) is 0 Å². The number of aromatic nitrogens is 3. The Hall–Kier alpha value is -2.80. The van der Waals surface area contributed by atoms with E-state index in [0.717, 1.165) is 41.7 Å². The van der Waals surface area contributed by atoms with Crippen LogP contribution in [-0.4, -0.2) is 39.6 Å². The fourth-order valence-electron chi connectivity index (χ4n) is 3.14. The Bertz CT molecular complexity index is 985. The third kappa shape index (κ3) is 6.85. The monoisotopic (exact) mass is 438 g/mol. The summed E-state index contributed by atoms with van der Waals surface area (Å²) < 4.78 is 7.76. The first-order chi connectivity index (χ1) is 15.1. The second-order valence-corrected chi connectivity index (χ2v) is 8.37. The molecule has 7 heteroatoms. The van der Waals surface area contributed by atoms with Gasteiger partial charge in [-0.3, -0.25) is 4.79 Å². The van der Waals surface area contributed by atoms with Gasteiger partial charge in [0.05, 0.1) is 12.4 Å². The summed E-state index contributed by atoms with van der Waals surface area (Å²) in [7, 11) is 0. The topological polar surface area (TPSA) is 69.0 Å². The molecule has 3 rings (SSSR count). The molecule has 0 aliphatic heterocycles. The normalized spacial score (nSPS) is 10.8. The standard InChI is InChI=1S/C24H30N4O2S/c1-4-28-23(20-9-7-8-19(3)16-20)26-27-24(28)31-17-22(29)25-14-5-6-15-30-21-12-10-18(2)11-13-21/h7-13,16H,4-6,14-15,17H2,1-3H3,(H,25,29). The number of aryl methyl sites for hydroxylation is 2. The van der Waals surface area contributed by atoms with Gasteiger partial charge in [0, 0.05) is 18.7 Å². The Morgan fingerprint density at radius 2 is 1.87 bits per heavy atom. The summed E-state index contributed by atoms with van der Waals surface area (Å²) in [6.07, 6.45) is 1.77. The van der Waals surface area contributed by atoms with Crippen LogP contribution in [0.3, 0.4) is 0 Å². The molecule has 0 atom stereocenters. The van der Waals surface area contributed by atoms with Crippen LogP contribution in [0.25, 0.3) is 11.4 Å². The predicted octanol–water partition coefficient (Wildman–Crippen LogP) is 4.65. The van der Waals surface area contributed by atoms with Crippen LogP contribution in [0.1, 0.15) is 30.9 Å². The smallest absolute Gasteiger partial charge is 0.230 e. The number of benzene rings is 2. The third-order valence-corrected chi connectivity index (χ3v) is 5.79. The van der Waals surface area contributed by atoms with Crippen LogP contribution in [0.5, 0.6) is 5.75 Å². The van der Waals surface area contributed by atoms with Gasteiger partial charge in [0.15, 0.2) is 11.0 Å². The van der Waals surface area contributed by atoms with Crippen LogP contribution in [0.2, 0.25) is 0 Å². The number of nitrogens with zero attached hydrogens (tertiary/aromatic N) is 3. The van der Waals surface area contributed by atoms with E-state index in [4.69, 9.17) is 4.74 Å². The summed E-state index contributed by atoms with van der Waals surface area (Å²) in [4.78, 5) is 12.2. The molecule has 0 saturated heterocycles. The number of amides is 1. The van der Waals surface area contributed by atoms with Crippen LogP contribution in [0.4, 0.5) is 0 Å².